The molecule has 0 fully saturated rings. The highest BCUT2D eigenvalue weighted by Gasteiger charge is 2.24. The molecule has 1 heteroatoms. The monoisotopic (exact) mass is 915 g/mol. The molecule has 0 spiro atoms. The lowest BCUT2D eigenvalue weighted by atomic mass is 9.84. The first kappa shape index (κ1) is 44.5. The summed E-state index contributed by atoms with van der Waals surface area (Å²) in [5.41, 5.74) is 25.0. The van der Waals surface area contributed by atoms with E-state index >= 15 is 0 Å². The van der Waals surface area contributed by atoms with Crippen LogP contribution in [0.2, 0.25) is 0 Å². The van der Waals surface area contributed by atoms with E-state index in [0.29, 0.717) is 11.8 Å². The maximum absolute atomic E-state index is 2.49. The molecule has 0 N–H and O–H groups in total. The minimum atomic E-state index is 0.402. The van der Waals surface area contributed by atoms with Crippen molar-refractivity contribution in [2.45, 2.75) is 77.0 Å². The molecule has 0 aliphatic heterocycles. The minimum absolute atomic E-state index is 0.402. The van der Waals surface area contributed by atoms with E-state index in [0.717, 1.165) is 32.1 Å². The number of allylic oxidation sites excluding steroid dienone is 4. The smallest absolute Gasteiger partial charge is 0.0541 e. The third-order valence-electron chi connectivity index (χ3n) is 15.5. The van der Waals surface area contributed by atoms with Crippen LogP contribution in [0, 0.1) is 0 Å². The second kappa shape index (κ2) is 19.6. The van der Waals surface area contributed by atoms with Crippen molar-refractivity contribution in [1.82, 2.24) is 4.57 Å². The maximum atomic E-state index is 2.49. The molecule has 2 atom stereocenters. The van der Waals surface area contributed by atoms with E-state index in [2.05, 4.69) is 243 Å². The van der Waals surface area contributed by atoms with Crippen molar-refractivity contribution >= 4 is 21.8 Å². The Bertz CT molecular complexity index is 3600. The zero-order chi connectivity index (χ0) is 47.7. The maximum Gasteiger partial charge on any atom is 0.0541 e. The molecular weight excluding hydrogens is 855 g/mol. The Balaban J connectivity index is 0.836. The number of nitrogens with zero attached hydrogens (tertiary/aromatic N) is 1. The average Bonchev–Trinajstić information content (AvgIpc) is 3.68. The molecule has 0 radical (unpaired) electrons. The first-order valence-corrected chi connectivity index (χ1v) is 26.2. The first-order valence-electron chi connectivity index (χ1n) is 26.2. The summed E-state index contributed by atoms with van der Waals surface area (Å²) in [6, 6.07) is 78.3. The Kier molecular flexibility index (Phi) is 12.3. The van der Waals surface area contributed by atoms with Crippen molar-refractivity contribution in [3.63, 3.8) is 0 Å². The van der Waals surface area contributed by atoms with Gasteiger partial charge in [0.15, 0.2) is 0 Å². The molecule has 0 saturated heterocycles. The van der Waals surface area contributed by atoms with Gasteiger partial charge in [-0.05, 0) is 164 Å². The standard InChI is InChI=1S/C70H61N/c1-3-11-48-21-25-51(26-22-48)53-29-33-55(34-30-53)58-15-9-13-50(43-58)44-62-38-37-57-14-5-6-18-64(57)67-46-60(39-41-65(62)67)61-40-42-70-68(47-61)66-19-7-8-20-69(66)71(70)63-17-10-16-59(45-63)56-35-31-54(32-36-56)52-27-23-49(12-4-2)24-28-52/h5-10,13-27,29-36,39-43,45-47,52,62H,3-4,11-12,28,37-38,44H2,1-2H3. The molecule has 2 unspecified atom stereocenters. The lowest BCUT2D eigenvalue weighted by Crippen LogP contribution is -2.04. The second-order valence-corrected chi connectivity index (χ2v) is 20.1. The molecule has 1 nitrogen and oxygen atoms in total. The van der Waals surface area contributed by atoms with Gasteiger partial charge in [0.1, 0.15) is 0 Å². The van der Waals surface area contributed by atoms with E-state index in [4.69, 9.17) is 0 Å². The predicted octanol–water partition coefficient (Wildman–Crippen LogP) is 19.1. The molecule has 1 aromatic heterocycles. The van der Waals surface area contributed by atoms with E-state index in [1.807, 2.05) is 0 Å². The van der Waals surface area contributed by atoms with Crippen molar-refractivity contribution in [2.75, 3.05) is 0 Å². The van der Waals surface area contributed by atoms with Crippen LogP contribution >= 0.6 is 0 Å². The van der Waals surface area contributed by atoms with Crippen molar-refractivity contribution < 1.29 is 0 Å². The summed E-state index contributed by atoms with van der Waals surface area (Å²) in [6.07, 6.45) is 16.1. The lowest BCUT2D eigenvalue weighted by Gasteiger charge is -2.20. The van der Waals surface area contributed by atoms with Gasteiger partial charge in [-0.2, -0.15) is 0 Å². The third kappa shape index (κ3) is 8.91. The molecule has 0 amide bonds. The van der Waals surface area contributed by atoms with Gasteiger partial charge in [0.05, 0.1) is 11.0 Å². The van der Waals surface area contributed by atoms with E-state index in [-0.39, 0.29) is 0 Å². The number of hydrogen-bond donors (Lipinski definition) is 0. The number of para-hydroxylation sites is 1. The van der Waals surface area contributed by atoms with Gasteiger partial charge in [0, 0.05) is 22.4 Å². The molecule has 0 saturated carbocycles. The highest BCUT2D eigenvalue weighted by Crippen LogP contribution is 2.43. The summed E-state index contributed by atoms with van der Waals surface area (Å²) >= 11 is 0. The second-order valence-electron chi connectivity index (χ2n) is 20.1. The topological polar surface area (TPSA) is 4.93 Å². The highest BCUT2D eigenvalue weighted by atomic mass is 15.0. The zero-order valence-corrected chi connectivity index (χ0v) is 41.1. The number of rotatable bonds is 12. The molecule has 10 aromatic rings. The van der Waals surface area contributed by atoms with Crippen LogP contribution in [0.25, 0.3) is 83.1 Å². The molecule has 71 heavy (non-hydrogen) atoms. The van der Waals surface area contributed by atoms with E-state index in [1.54, 1.807) is 0 Å². The van der Waals surface area contributed by atoms with Crippen molar-refractivity contribution in [2.24, 2.45) is 0 Å². The number of fused-ring (bicyclic) bond motifs is 6. The fourth-order valence-electron chi connectivity index (χ4n) is 11.8. The van der Waals surface area contributed by atoms with Gasteiger partial charge in [-0.3, -0.25) is 0 Å². The van der Waals surface area contributed by atoms with Crippen LogP contribution in [0.5, 0.6) is 0 Å². The van der Waals surface area contributed by atoms with Crippen LogP contribution in [-0.2, 0) is 19.3 Å². The number of benzene rings is 9. The molecule has 1 heterocycles. The van der Waals surface area contributed by atoms with Gasteiger partial charge < -0.3 is 4.57 Å². The van der Waals surface area contributed by atoms with Crippen LogP contribution < -0.4 is 0 Å². The zero-order valence-electron chi connectivity index (χ0n) is 41.1. The molecule has 0 bridgehead atoms. The molecule has 9 aromatic carbocycles. The van der Waals surface area contributed by atoms with Gasteiger partial charge in [-0.25, -0.2) is 0 Å². The Hall–Kier alpha value is -7.74. The van der Waals surface area contributed by atoms with Gasteiger partial charge in [-0.15, -0.1) is 0 Å². The van der Waals surface area contributed by atoms with Crippen LogP contribution in [0.1, 0.15) is 85.6 Å². The summed E-state index contributed by atoms with van der Waals surface area (Å²) in [5.74, 6) is 0.847. The Labute approximate surface area is 420 Å². The van der Waals surface area contributed by atoms with Gasteiger partial charge in [0.2, 0.25) is 0 Å². The number of hydrogen-bond acceptors (Lipinski definition) is 0. The highest BCUT2D eigenvalue weighted by molar-refractivity contribution is 6.10. The molecule has 346 valence electrons. The van der Waals surface area contributed by atoms with E-state index < -0.39 is 0 Å². The van der Waals surface area contributed by atoms with E-state index in [9.17, 15) is 0 Å². The molecular formula is C70H61N. The fraction of sp³-hybridized carbons (Fsp3) is 0.171. The average molecular weight is 916 g/mol. The van der Waals surface area contributed by atoms with Crippen molar-refractivity contribution in [3.05, 3.63) is 258 Å². The van der Waals surface area contributed by atoms with Crippen molar-refractivity contribution in [1.29, 1.82) is 0 Å². The summed E-state index contributed by atoms with van der Waals surface area (Å²) < 4.78 is 2.45. The summed E-state index contributed by atoms with van der Waals surface area (Å²) in [5, 5.41) is 2.54. The van der Waals surface area contributed by atoms with Gasteiger partial charge in [0.25, 0.3) is 0 Å². The Morgan fingerprint density at radius 2 is 1.10 bits per heavy atom. The fourth-order valence-corrected chi connectivity index (χ4v) is 11.8. The van der Waals surface area contributed by atoms with Crippen LogP contribution in [0.3, 0.4) is 0 Å². The molecule has 2 aliphatic rings. The van der Waals surface area contributed by atoms with Crippen LogP contribution in [0.4, 0.5) is 0 Å². The largest absolute Gasteiger partial charge is 0.309 e. The Morgan fingerprint density at radius 3 is 1.87 bits per heavy atom. The summed E-state index contributed by atoms with van der Waals surface area (Å²) in [7, 11) is 0. The van der Waals surface area contributed by atoms with Gasteiger partial charge in [-0.1, -0.05) is 220 Å². The summed E-state index contributed by atoms with van der Waals surface area (Å²) in [6.45, 7) is 4.50. The quantitative estimate of drug-likeness (QED) is 0.115. The lowest BCUT2D eigenvalue weighted by molar-refractivity contribution is 0.629. The normalized spacial score (nSPS) is 15.3. The third-order valence-corrected chi connectivity index (χ3v) is 15.5. The summed E-state index contributed by atoms with van der Waals surface area (Å²) in [4.78, 5) is 0. The Morgan fingerprint density at radius 1 is 0.465 bits per heavy atom. The molecule has 12 rings (SSSR count). The predicted molar refractivity (Wildman–Crippen MR) is 303 cm³/mol. The minimum Gasteiger partial charge on any atom is -0.309 e. The SMILES string of the molecule is CCCC1=CCC(c2ccc(-c3cccc(-n4c5ccccc5c5cc(-c6ccc7c(c6)-c6ccccc6CCC7Cc6cccc(-c7ccc(-c8ccc(CCC)cc8)cc7)c6)ccc54)c3)cc2)C=C1. The first-order chi connectivity index (χ1) is 35.1. The van der Waals surface area contributed by atoms with Gasteiger partial charge >= 0.3 is 0 Å². The number of aromatic nitrogens is 1. The van der Waals surface area contributed by atoms with Crippen LogP contribution in [0.15, 0.2) is 230 Å². The van der Waals surface area contributed by atoms with Crippen LogP contribution in [-0.4, -0.2) is 4.57 Å². The van der Waals surface area contributed by atoms with E-state index in [1.165, 1.54) is 136 Å². The number of aryl methyl sites for hydroxylation is 2. The molecule has 2 aliphatic carbocycles. The van der Waals surface area contributed by atoms with Crippen molar-refractivity contribution in [3.8, 4) is 61.3 Å².